The fraction of sp³-hybridized carbons (Fsp3) is 0.227. The summed E-state index contributed by atoms with van der Waals surface area (Å²) >= 11 is 5.57. The Morgan fingerprint density at radius 2 is 1.62 bits per heavy atom. The highest BCUT2D eigenvalue weighted by Crippen LogP contribution is 2.22. The molecule has 0 unspecified atom stereocenters. The van der Waals surface area contributed by atoms with Gasteiger partial charge in [0.25, 0.3) is 0 Å². The third-order valence-electron chi connectivity index (χ3n) is 4.35. The number of anilines is 1. The van der Waals surface area contributed by atoms with E-state index in [0.29, 0.717) is 5.11 Å². The predicted octanol–water partition coefficient (Wildman–Crippen LogP) is 5.29. The second-order valence-corrected chi connectivity index (χ2v) is 7.10. The van der Waals surface area contributed by atoms with Crippen LogP contribution >= 0.6 is 12.2 Å². The van der Waals surface area contributed by atoms with E-state index in [9.17, 15) is 0 Å². The lowest BCUT2D eigenvalue weighted by Gasteiger charge is -2.22. The fourth-order valence-electron chi connectivity index (χ4n) is 3.11. The average molecular weight is 365 g/mol. The highest BCUT2D eigenvalue weighted by atomic mass is 32.1. The number of hydrogen-bond donors (Lipinski definition) is 1. The van der Waals surface area contributed by atoms with Crippen LogP contribution in [0.5, 0.6) is 5.75 Å². The number of methoxy groups -OCH3 is 1. The summed E-state index contributed by atoms with van der Waals surface area (Å²) in [5, 5.41) is 6.42. The highest BCUT2D eigenvalue weighted by Gasteiger charge is 2.07. The van der Waals surface area contributed by atoms with Crippen LogP contribution in [0.25, 0.3) is 10.8 Å². The van der Waals surface area contributed by atoms with E-state index >= 15 is 0 Å². The topological polar surface area (TPSA) is 24.5 Å². The molecule has 0 aliphatic heterocycles. The number of aryl methyl sites for hydroxylation is 2. The van der Waals surface area contributed by atoms with E-state index in [1.165, 1.54) is 27.5 Å². The van der Waals surface area contributed by atoms with E-state index in [0.717, 1.165) is 18.0 Å². The van der Waals surface area contributed by atoms with Gasteiger partial charge < -0.3 is 15.0 Å². The Balaban J connectivity index is 1.71. The van der Waals surface area contributed by atoms with Crippen LogP contribution < -0.4 is 10.1 Å². The molecule has 0 spiro atoms. The summed E-state index contributed by atoms with van der Waals surface area (Å²) in [4.78, 5) is 2.05. The van der Waals surface area contributed by atoms with Crippen LogP contribution in [0.1, 0.15) is 16.7 Å². The fourth-order valence-corrected chi connectivity index (χ4v) is 3.29. The van der Waals surface area contributed by atoms with Gasteiger partial charge >= 0.3 is 0 Å². The van der Waals surface area contributed by atoms with Crippen molar-refractivity contribution in [1.82, 2.24) is 4.90 Å². The third kappa shape index (κ3) is 4.33. The van der Waals surface area contributed by atoms with Gasteiger partial charge in [0.2, 0.25) is 0 Å². The van der Waals surface area contributed by atoms with Gasteiger partial charge in [-0.25, -0.2) is 0 Å². The zero-order chi connectivity index (χ0) is 18.7. The minimum Gasteiger partial charge on any atom is -0.497 e. The zero-order valence-corrected chi connectivity index (χ0v) is 16.5. The molecular formula is C22H24N2OS. The molecule has 0 radical (unpaired) electrons. The van der Waals surface area contributed by atoms with Crippen molar-refractivity contribution in [3.05, 3.63) is 71.3 Å². The lowest BCUT2D eigenvalue weighted by atomic mass is 10.1. The van der Waals surface area contributed by atoms with Gasteiger partial charge in [-0.15, -0.1) is 0 Å². The molecule has 3 aromatic rings. The van der Waals surface area contributed by atoms with Crippen molar-refractivity contribution in [2.75, 3.05) is 19.5 Å². The first-order valence-electron chi connectivity index (χ1n) is 8.62. The summed E-state index contributed by atoms with van der Waals surface area (Å²) in [6, 6.07) is 19.0. The Labute approximate surface area is 160 Å². The van der Waals surface area contributed by atoms with Crippen LogP contribution in [0.3, 0.4) is 0 Å². The number of fused-ring (bicyclic) bond motifs is 1. The molecule has 4 heteroatoms. The van der Waals surface area contributed by atoms with E-state index in [2.05, 4.69) is 72.6 Å². The van der Waals surface area contributed by atoms with E-state index in [1.807, 2.05) is 13.1 Å². The zero-order valence-electron chi connectivity index (χ0n) is 15.7. The monoisotopic (exact) mass is 364 g/mol. The number of hydrogen-bond acceptors (Lipinski definition) is 2. The van der Waals surface area contributed by atoms with Gasteiger partial charge in [0.1, 0.15) is 5.75 Å². The molecule has 3 rings (SSSR count). The number of ether oxygens (including phenoxy) is 1. The second kappa shape index (κ2) is 7.75. The maximum absolute atomic E-state index is 5.57. The average Bonchev–Trinajstić information content (AvgIpc) is 2.60. The number of rotatable bonds is 4. The Kier molecular flexibility index (Phi) is 5.43. The lowest BCUT2D eigenvalue weighted by molar-refractivity contribution is 0.415. The highest BCUT2D eigenvalue weighted by molar-refractivity contribution is 7.80. The Bertz CT molecular complexity index is 932. The molecule has 0 heterocycles. The summed E-state index contributed by atoms with van der Waals surface area (Å²) in [5.41, 5.74) is 4.70. The molecule has 0 fully saturated rings. The minimum absolute atomic E-state index is 0.713. The predicted molar refractivity (Wildman–Crippen MR) is 114 cm³/mol. The van der Waals surface area contributed by atoms with Crippen LogP contribution in [0.15, 0.2) is 54.6 Å². The van der Waals surface area contributed by atoms with E-state index in [4.69, 9.17) is 17.0 Å². The first kappa shape index (κ1) is 18.2. The molecule has 0 bridgehead atoms. The van der Waals surface area contributed by atoms with Gasteiger partial charge in [-0.2, -0.15) is 0 Å². The van der Waals surface area contributed by atoms with Gasteiger partial charge in [-0.05, 0) is 83.9 Å². The molecule has 0 saturated heterocycles. The van der Waals surface area contributed by atoms with Crippen LogP contribution in [-0.2, 0) is 6.54 Å². The van der Waals surface area contributed by atoms with Crippen LogP contribution in [0.4, 0.5) is 5.69 Å². The standard InChI is InChI=1S/C22H24N2OS/c1-15-9-16(2)11-20(10-15)23-22(26)24(3)14-17-5-6-19-13-21(25-4)8-7-18(19)12-17/h5-13H,14H2,1-4H3,(H,23,26). The minimum atomic E-state index is 0.713. The summed E-state index contributed by atoms with van der Waals surface area (Å²) in [6.45, 7) is 4.93. The Hall–Kier alpha value is -2.59. The van der Waals surface area contributed by atoms with Crippen molar-refractivity contribution in [1.29, 1.82) is 0 Å². The molecule has 26 heavy (non-hydrogen) atoms. The smallest absolute Gasteiger partial charge is 0.173 e. The first-order valence-corrected chi connectivity index (χ1v) is 9.02. The van der Waals surface area contributed by atoms with Crippen molar-refractivity contribution in [3.8, 4) is 5.75 Å². The van der Waals surface area contributed by atoms with E-state index in [-0.39, 0.29) is 0 Å². The number of thiocarbonyl (C=S) groups is 1. The SMILES string of the molecule is COc1ccc2cc(CN(C)C(=S)Nc3cc(C)cc(C)c3)ccc2c1. The quantitative estimate of drug-likeness (QED) is 0.636. The largest absolute Gasteiger partial charge is 0.497 e. The molecule has 0 aromatic heterocycles. The summed E-state index contributed by atoms with van der Waals surface area (Å²) in [6.07, 6.45) is 0. The molecule has 0 amide bonds. The molecule has 0 aliphatic carbocycles. The normalized spacial score (nSPS) is 10.6. The lowest BCUT2D eigenvalue weighted by Crippen LogP contribution is -2.30. The molecule has 3 aromatic carbocycles. The van der Waals surface area contributed by atoms with Gasteiger partial charge in [0.05, 0.1) is 7.11 Å². The van der Waals surface area contributed by atoms with Gasteiger partial charge in [-0.1, -0.05) is 24.3 Å². The van der Waals surface area contributed by atoms with Crippen molar-refractivity contribution >= 4 is 33.8 Å². The molecule has 0 aliphatic rings. The van der Waals surface area contributed by atoms with Gasteiger partial charge in [0.15, 0.2) is 5.11 Å². The number of nitrogens with one attached hydrogen (secondary N) is 1. The number of benzene rings is 3. The maximum Gasteiger partial charge on any atom is 0.173 e. The summed E-state index contributed by atoms with van der Waals surface area (Å²) < 4.78 is 5.29. The van der Waals surface area contributed by atoms with Crippen LogP contribution in [0.2, 0.25) is 0 Å². The van der Waals surface area contributed by atoms with Crippen molar-refractivity contribution in [2.24, 2.45) is 0 Å². The van der Waals surface area contributed by atoms with Crippen molar-refractivity contribution < 1.29 is 4.74 Å². The van der Waals surface area contributed by atoms with E-state index in [1.54, 1.807) is 7.11 Å². The van der Waals surface area contributed by atoms with Crippen molar-refractivity contribution in [3.63, 3.8) is 0 Å². The maximum atomic E-state index is 5.57. The van der Waals surface area contributed by atoms with Crippen molar-refractivity contribution in [2.45, 2.75) is 20.4 Å². The Morgan fingerprint density at radius 3 is 2.31 bits per heavy atom. The van der Waals surface area contributed by atoms with Crippen LogP contribution in [0, 0.1) is 13.8 Å². The third-order valence-corrected chi connectivity index (χ3v) is 4.76. The first-order chi connectivity index (χ1) is 12.4. The van der Waals surface area contributed by atoms with Crippen LogP contribution in [-0.4, -0.2) is 24.2 Å². The second-order valence-electron chi connectivity index (χ2n) is 6.71. The molecule has 1 N–H and O–H groups in total. The number of nitrogens with zero attached hydrogens (tertiary/aromatic N) is 1. The molecule has 0 atom stereocenters. The molecule has 0 saturated carbocycles. The summed E-state index contributed by atoms with van der Waals surface area (Å²) in [7, 11) is 3.70. The van der Waals surface area contributed by atoms with Gasteiger partial charge in [0, 0.05) is 19.3 Å². The van der Waals surface area contributed by atoms with Gasteiger partial charge in [-0.3, -0.25) is 0 Å². The molecular weight excluding hydrogens is 340 g/mol. The molecule has 134 valence electrons. The summed E-state index contributed by atoms with van der Waals surface area (Å²) in [5.74, 6) is 0.876. The van der Waals surface area contributed by atoms with E-state index < -0.39 is 0 Å². The molecule has 3 nitrogen and oxygen atoms in total. The Morgan fingerprint density at radius 1 is 0.962 bits per heavy atom.